The normalized spacial score (nSPS) is 17.5. The molecular weight excluding hydrogens is 444 g/mol. The van der Waals surface area contributed by atoms with Gasteiger partial charge in [0.2, 0.25) is 0 Å². The van der Waals surface area contributed by atoms with Crippen LogP contribution in [0.1, 0.15) is 53.6 Å². The summed E-state index contributed by atoms with van der Waals surface area (Å²) in [5, 5.41) is 3.30. The number of dihydropyridines is 1. The molecule has 0 aromatic heterocycles. The molecule has 1 heterocycles. The Hall–Kier alpha value is -3.87. The van der Waals surface area contributed by atoms with Crippen molar-refractivity contribution in [2.24, 2.45) is 0 Å². The minimum absolute atomic E-state index is 0.0170. The van der Waals surface area contributed by atoms with Crippen LogP contribution >= 0.6 is 0 Å². The highest BCUT2D eigenvalue weighted by atomic mass is 16.5. The smallest absolute Gasteiger partial charge is 0.336 e. The number of para-hydroxylation sites is 1. The maximum absolute atomic E-state index is 13.1. The molecule has 35 heavy (non-hydrogen) atoms. The van der Waals surface area contributed by atoms with Crippen LogP contribution in [0.2, 0.25) is 0 Å². The Labute approximate surface area is 205 Å². The molecule has 0 saturated heterocycles. The van der Waals surface area contributed by atoms with E-state index in [0.29, 0.717) is 35.2 Å². The summed E-state index contributed by atoms with van der Waals surface area (Å²) in [6.07, 6.45) is 1.30. The van der Waals surface area contributed by atoms with Crippen molar-refractivity contribution < 1.29 is 23.9 Å². The topological polar surface area (TPSA) is 84.9 Å². The standard InChI is InChI=1S/C28H30N2O5/c1-17-22(28(33)35-16-18-8-7-9-19(12-18)27(32)30(2)3)15-23-24(29-17)13-20(14-25(23)31)21-10-5-6-11-26(21)34-4/h5-12,20,29H,13-16H2,1-4H3/t20-/m1/s1. The van der Waals surface area contributed by atoms with Gasteiger partial charge in [0.05, 0.1) is 12.7 Å². The molecule has 1 aliphatic heterocycles. The highest BCUT2D eigenvalue weighted by Crippen LogP contribution is 2.41. The van der Waals surface area contributed by atoms with Crippen LogP contribution in [0.15, 0.2) is 71.1 Å². The van der Waals surface area contributed by atoms with Crippen molar-refractivity contribution in [2.45, 2.75) is 38.7 Å². The van der Waals surface area contributed by atoms with Crippen LogP contribution in [-0.2, 0) is 20.9 Å². The Morgan fingerprint density at radius 1 is 1.09 bits per heavy atom. The van der Waals surface area contributed by atoms with Crippen LogP contribution < -0.4 is 10.1 Å². The van der Waals surface area contributed by atoms with E-state index in [2.05, 4.69) is 5.32 Å². The zero-order valence-corrected chi connectivity index (χ0v) is 20.5. The van der Waals surface area contributed by atoms with E-state index in [1.807, 2.05) is 37.3 Å². The van der Waals surface area contributed by atoms with E-state index in [-0.39, 0.29) is 30.6 Å². The first kappa shape index (κ1) is 24.3. The number of carbonyl (C=O) groups is 3. The molecule has 2 aromatic rings. The van der Waals surface area contributed by atoms with Crippen LogP contribution in [0.4, 0.5) is 0 Å². The Morgan fingerprint density at radius 3 is 2.60 bits per heavy atom. The van der Waals surface area contributed by atoms with E-state index < -0.39 is 5.97 Å². The van der Waals surface area contributed by atoms with Crippen LogP contribution in [-0.4, -0.2) is 43.8 Å². The van der Waals surface area contributed by atoms with Gasteiger partial charge in [-0.3, -0.25) is 9.59 Å². The van der Waals surface area contributed by atoms with Gasteiger partial charge in [-0.05, 0) is 42.7 Å². The van der Waals surface area contributed by atoms with Gasteiger partial charge in [0.25, 0.3) is 5.91 Å². The molecule has 1 aliphatic carbocycles. The van der Waals surface area contributed by atoms with Crippen molar-refractivity contribution in [3.63, 3.8) is 0 Å². The second-order valence-electron chi connectivity index (χ2n) is 9.11. The number of carbonyl (C=O) groups excluding carboxylic acids is 3. The van der Waals surface area contributed by atoms with Crippen molar-refractivity contribution >= 4 is 17.7 Å². The summed E-state index contributed by atoms with van der Waals surface area (Å²) in [6, 6.07) is 14.8. The van der Waals surface area contributed by atoms with Crippen LogP contribution in [0.3, 0.4) is 0 Å². The second-order valence-corrected chi connectivity index (χ2v) is 9.11. The van der Waals surface area contributed by atoms with Crippen molar-refractivity contribution in [3.8, 4) is 5.75 Å². The van der Waals surface area contributed by atoms with Crippen molar-refractivity contribution in [3.05, 3.63) is 87.8 Å². The average Bonchev–Trinajstić information content (AvgIpc) is 2.86. The van der Waals surface area contributed by atoms with Crippen LogP contribution in [0.25, 0.3) is 0 Å². The molecule has 0 fully saturated rings. The molecule has 2 aromatic carbocycles. The Morgan fingerprint density at radius 2 is 1.86 bits per heavy atom. The number of ether oxygens (including phenoxy) is 2. The molecule has 182 valence electrons. The number of benzene rings is 2. The molecule has 4 rings (SSSR count). The average molecular weight is 475 g/mol. The molecule has 0 unspecified atom stereocenters. The maximum atomic E-state index is 13.1. The van der Waals surface area contributed by atoms with Gasteiger partial charge in [0, 0.05) is 55.4 Å². The van der Waals surface area contributed by atoms with Crippen molar-refractivity contribution in [2.75, 3.05) is 21.2 Å². The molecule has 2 aliphatic rings. The lowest BCUT2D eigenvalue weighted by Gasteiger charge is -2.32. The number of amides is 1. The summed E-state index contributed by atoms with van der Waals surface area (Å²) in [5.41, 5.74) is 4.92. The molecule has 1 atom stereocenters. The van der Waals surface area contributed by atoms with E-state index >= 15 is 0 Å². The fourth-order valence-electron chi connectivity index (χ4n) is 4.64. The number of hydrogen-bond donors (Lipinski definition) is 1. The predicted octanol–water partition coefficient (Wildman–Crippen LogP) is 4.11. The monoisotopic (exact) mass is 474 g/mol. The molecular formula is C28H30N2O5. The number of nitrogens with one attached hydrogen (secondary N) is 1. The van der Waals surface area contributed by atoms with Gasteiger partial charge < -0.3 is 19.7 Å². The predicted molar refractivity (Wildman–Crippen MR) is 132 cm³/mol. The van der Waals surface area contributed by atoms with E-state index in [9.17, 15) is 14.4 Å². The first-order valence-corrected chi connectivity index (χ1v) is 11.6. The quantitative estimate of drug-likeness (QED) is 0.635. The third kappa shape index (κ3) is 5.14. The lowest BCUT2D eigenvalue weighted by atomic mass is 9.78. The largest absolute Gasteiger partial charge is 0.496 e. The SMILES string of the molecule is COc1ccccc1[C@H]1CC(=O)C2=C(C1)NC(C)=C(C(=O)OCc1cccc(C(=O)N(C)C)c1)C2. The summed E-state index contributed by atoms with van der Waals surface area (Å²) in [5.74, 6) is 0.240. The van der Waals surface area contributed by atoms with E-state index in [1.165, 1.54) is 4.90 Å². The number of nitrogens with zero attached hydrogens (tertiary/aromatic N) is 1. The fourth-order valence-corrected chi connectivity index (χ4v) is 4.64. The Bertz CT molecular complexity index is 1240. The highest BCUT2D eigenvalue weighted by molar-refractivity contribution is 6.01. The molecule has 1 N–H and O–H groups in total. The lowest BCUT2D eigenvalue weighted by molar-refractivity contribution is -0.140. The zero-order chi connectivity index (χ0) is 25.1. The minimum Gasteiger partial charge on any atom is -0.496 e. The molecule has 0 bridgehead atoms. The lowest BCUT2D eigenvalue weighted by Crippen LogP contribution is -2.31. The molecule has 7 nitrogen and oxygen atoms in total. The van der Waals surface area contributed by atoms with Gasteiger partial charge in [-0.1, -0.05) is 30.3 Å². The van der Waals surface area contributed by atoms with Gasteiger partial charge in [-0.25, -0.2) is 4.79 Å². The van der Waals surface area contributed by atoms with Gasteiger partial charge >= 0.3 is 5.97 Å². The zero-order valence-electron chi connectivity index (χ0n) is 20.5. The van der Waals surface area contributed by atoms with Gasteiger partial charge in [0.1, 0.15) is 12.4 Å². The summed E-state index contributed by atoms with van der Waals surface area (Å²) in [4.78, 5) is 39.7. The third-order valence-electron chi connectivity index (χ3n) is 6.50. The van der Waals surface area contributed by atoms with Crippen LogP contribution in [0, 0.1) is 0 Å². The van der Waals surface area contributed by atoms with Crippen LogP contribution in [0.5, 0.6) is 5.75 Å². The summed E-state index contributed by atoms with van der Waals surface area (Å²) < 4.78 is 11.1. The first-order valence-electron chi connectivity index (χ1n) is 11.6. The number of ketones is 1. The van der Waals surface area contributed by atoms with E-state index in [1.54, 1.807) is 39.4 Å². The molecule has 7 heteroatoms. The summed E-state index contributed by atoms with van der Waals surface area (Å²) in [6.45, 7) is 1.87. The number of methoxy groups -OCH3 is 1. The summed E-state index contributed by atoms with van der Waals surface area (Å²) >= 11 is 0. The maximum Gasteiger partial charge on any atom is 0.336 e. The number of Topliss-reactive ketones (excluding diaryl/α,β-unsaturated/α-hetero) is 1. The third-order valence-corrected chi connectivity index (χ3v) is 6.50. The van der Waals surface area contributed by atoms with Gasteiger partial charge in [0.15, 0.2) is 5.78 Å². The number of hydrogen-bond acceptors (Lipinski definition) is 6. The number of rotatable bonds is 6. The molecule has 0 saturated carbocycles. The van der Waals surface area contributed by atoms with E-state index in [4.69, 9.17) is 9.47 Å². The highest BCUT2D eigenvalue weighted by Gasteiger charge is 2.34. The molecule has 0 radical (unpaired) electrons. The summed E-state index contributed by atoms with van der Waals surface area (Å²) in [7, 11) is 5.01. The minimum atomic E-state index is -0.467. The van der Waals surface area contributed by atoms with E-state index in [0.717, 1.165) is 22.6 Å². The number of esters is 1. The van der Waals surface area contributed by atoms with Crippen molar-refractivity contribution in [1.82, 2.24) is 10.2 Å². The van der Waals surface area contributed by atoms with Gasteiger partial charge in [-0.2, -0.15) is 0 Å². The molecule has 1 amide bonds. The first-order chi connectivity index (χ1) is 16.8. The van der Waals surface area contributed by atoms with Gasteiger partial charge in [-0.15, -0.1) is 0 Å². The second kappa shape index (κ2) is 10.2. The molecule has 0 spiro atoms. The van der Waals surface area contributed by atoms with Crippen molar-refractivity contribution in [1.29, 1.82) is 0 Å². The fraction of sp³-hybridized carbons (Fsp3) is 0.321. The number of allylic oxidation sites excluding steroid dienone is 3. The Balaban J connectivity index is 1.44. The Kier molecular flexibility index (Phi) is 7.05.